The van der Waals surface area contributed by atoms with Gasteiger partial charge in [-0.25, -0.2) is 0 Å². The molecule has 1 atom stereocenters. The minimum absolute atomic E-state index is 0.0273. The molecule has 0 saturated heterocycles. The number of nitrogens with one attached hydrogen (secondary N) is 1. The Hall–Kier alpha value is -0.710. The molecule has 1 rings (SSSR count). The first-order valence-electron chi connectivity index (χ1n) is 5.50. The monoisotopic (exact) mass is 272 g/mol. The fourth-order valence-electron chi connectivity index (χ4n) is 1.18. The van der Waals surface area contributed by atoms with Crippen molar-refractivity contribution in [2.24, 2.45) is 5.73 Å². The van der Waals surface area contributed by atoms with E-state index in [1.54, 1.807) is 30.0 Å². The summed E-state index contributed by atoms with van der Waals surface area (Å²) in [6, 6.07) is 7.28. The highest BCUT2D eigenvalue weighted by molar-refractivity contribution is 8.00. The van der Waals surface area contributed by atoms with Crippen molar-refractivity contribution in [2.75, 3.05) is 16.8 Å². The Bertz CT molecular complexity index is 373. The van der Waals surface area contributed by atoms with Gasteiger partial charge in [-0.1, -0.05) is 24.6 Å². The highest BCUT2D eigenvalue weighted by atomic mass is 35.5. The van der Waals surface area contributed by atoms with Crippen LogP contribution in [0, 0.1) is 0 Å². The summed E-state index contributed by atoms with van der Waals surface area (Å²) in [5, 5.41) is 3.40. The molecule has 0 aliphatic carbocycles. The lowest BCUT2D eigenvalue weighted by atomic mass is 10.3. The fourth-order valence-corrected chi connectivity index (χ4v) is 2.29. The van der Waals surface area contributed by atoms with Crippen molar-refractivity contribution in [3.63, 3.8) is 0 Å². The van der Waals surface area contributed by atoms with E-state index >= 15 is 0 Å². The van der Waals surface area contributed by atoms with Gasteiger partial charge in [0.1, 0.15) is 0 Å². The van der Waals surface area contributed by atoms with Gasteiger partial charge in [-0.2, -0.15) is 11.8 Å². The van der Waals surface area contributed by atoms with Gasteiger partial charge in [0, 0.05) is 22.5 Å². The average Bonchev–Trinajstić information content (AvgIpc) is 2.28. The van der Waals surface area contributed by atoms with Crippen LogP contribution in [-0.4, -0.2) is 23.5 Å². The molecule has 0 aliphatic rings. The fraction of sp³-hybridized carbons (Fsp3) is 0.417. The molecule has 0 spiro atoms. The molecule has 1 aromatic rings. The van der Waals surface area contributed by atoms with Crippen LogP contribution >= 0.6 is 23.4 Å². The topological polar surface area (TPSA) is 55.1 Å². The lowest BCUT2D eigenvalue weighted by Crippen LogP contribution is -2.23. The van der Waals surface area contributed by atoms with Crippen LogP contribution in [-0.2, 0) is 4.79 Å². The lowest BCUT2D eigenvalue weighted by molar-refractivity contribution is -0.113. The van der Waals surface area contributed by atoms with Crippen molar-refractivity contribution in [3.8, 4) is 0 Å². The summed E-state index contributed by atoms with van der Waals surface area (Å²) in [7, 11) is 0. The molecular weight excluding hydrogens is 256 g/mol. The summed E-state index contributed by atoms with van der Waals surface area (Å²) < 4.78 is 0. The number of carbonyl (C=O) groups is 1. The van der Waals surface area contributed by atoms with Crippen LogP contribution < -0.4 is 11.1 Å². The Morgan fingerprint density at radius 1 is 1.59 bits per heavy atom. The van der Waals surface area contributed by atoms with Crippen LogP contribution in [0.3, 0.4) is 0 Å². The molecule has 1 aromatic carbocycles. The lowest BCUT2D eigenvalue weighted by Gasteiger charge is -2.08. The molecule has 5 heteroatoms. The quantitative estimate of drug-likeness (QED) is 0.837. The van der Waals surface area contributed by atoms with Crippen LogP contribution in [0.25, 0.3) is 0 Å². The van der Waals surface area contributed by atoms with E-state index in [0.29, 0.717) is 10.8 Å². The number of hydrogen-bond donors (Lipinski definition) is 2. The maximum absolute atomic E-state index is 11.6. The number of hydrogen-bond acceptors (Lipinski definition) is 3. The minimum Gasteiger partial charge on any atom is -0.327 e. The van der Waals surface area contributed by atoms with Gasteiger partial charge < -0.3 is 11.1 Å². The summed E-state index contributed by atoms with van der Waals surface area (Å²) >= 11 is 7.37. The molecule has 0 fully saturated rings. The van der Waals surface area contributed by atoms with Crippen LogP contribution in [0.5, 0.6) is 0 Å². The highest BCUT2D eigenvalue weighted by Gasteiger charge is 2.05. The van der Waals surface area contributed by atoms with E-state index in [1.807, 2.05) is 13.0 Å². The summed E-state index contributed by atoms with van der Waals surface area (Å²) in [6.07, 6.45) is 0.933. The third-order valence-corrected chi connectivity index (χ3v) is 3.56. The predicted octanol–water partition coefficient (Wildman–Crippen LogP) is 2.75. The van der Waals surface area contributed by atoms with Crippen molar-refractivity contribution in [2.45, 2.75) is 19.4 Å². The summed E-state index contributed by atoms with van der Waals surface area (Å²) in [4.78, 5) is 11.6. The zero-order valence-corrected chi connectivity index (χ0v) is 11.4. The molecule has 0 aliphatic heterocycles. The van der Waals surface area contributed by atoms with Crippen molar-refractivity contribution in [1.29, 1.82) is 0 Å². The number of anilines is 1. The number of rotatable bonds is 6. The van der Waals surface area contributed by atoms with Crippen LogP contribution in [0.4, 0.5) is 5.69 Å². The molecule has 3 N–H and O–H groups in total. The molecule has 17 heavy (non-hydrogen) atoms. The number of benzene rings is 1. The van der Waals surface area contributed by atoms with Gasteiger partial charge in [0.25, 0.3) is 0 Å². The van der Waals surface area contributed by atoms with Gasteiger partial charge in [-0.15, -0.1) is 0 Å². The second kappa shape index (κ2) is 7.58. The van der Waals surface area contributed by atoms with Crippen molar-refractivity contribution in [3.05, 3.63) is 29.3 Å². The van der Waals surface area contributed by atoms with E-state index in [9.17, 15) is 4.79 Å². The maximum atomic E-state index is 11.6. The number of nitrogens with two attached hydrogens (primary N) is 1. The van der Waals surface area contributed by atoms with Crippen LogP contribution in [0.1, 0.15) is 13.3 Å². The summed E-state index contributed by atoms with van der Waals surface area (Å²) in [6.45, 7) is 2.04. The first kappa shape index (κ1) is 14.4. The van der Waals surface area contributed by atoms with Gasteiger partial charge in [0.05, 0.1) is 5.75 Å². The van der Waals surface area contributed by atoms with Crippen LogP contribution in [0.15, 0.2) is 24.3 Å². The van der Waals surface area contributed by atoms with Crippen molar-refractivity contribution < 1.29 is 4.79 Å². The molecule has 94 valence electrons. The van der Waals surface area contributed by atoms with E-state index in [1.165, 1.54) is 0 Å². The number of halogens is 1. The number of carbonyl (C=O) groups excluding carboxylic acids is 1. The smallest absolute Gasteiger partial charge is 0.234 e. The van der Waals surface area contributed by atoms with Gasteiger partial charge in [-0.05, 0) is 24.6 Å². The Kier molecular flexibility index (Phi) is 6.40. The van der Waals surface area contributed by atoms with E-state index in [4.69, 9.17) is 17.3 Å². The largest absolute Gasteiger partial charge is 0.327 e. The zero-order chi connectivity index (χ0) is 12.7. The number of thioether (sulfide) groups is 1. The maximum Gasteiger partial charge on any atom is 0.234 e. The molecule has 0 saturated carbocycles. The van der Waals surface area contributed by atoms with Gasteiger partial charge in [0.15, 0.2) is 0 Å². The molecule has 0 radical (unpaired) electrons. The van der Waals surface area contributed by atoms with E-state index in [0.717, 1.165) is 17.9 Å². The molecule has 1 amide bonds. The highest BCUT2D eigenvalue weighted by Crippen LogP contribution is 2.15. The van der Waals surface area contributed by atoms with E-state index in [2.05, 4.69) is 5.32 Å². The third kappa shape index (κ3) is 5.96. The summed E-state index contributed by atoms with van der Waals surface area (Å²) in [5.74, 6) is 1.19. The average molecular weight is 273 g/mol. The standard InChI is InChI=1S/C12H17ClN2OS/c1-2-10(14)7-17-8-12(16)15-11-5-3-4-9(13)6-11/h3-6,10H,2,7-8,14H2,1H3,(H,15,16). The second-order valence-electron chi connectivity index (χ2n) is 3.74. The Morgan fingerprint density at radius 3 is 3.00 bits per heavy atom. The van der Waals surface area contributed by atoms with Crippen LogP contribution in [0.2, 0.25) is 5.02 Å². The normalized spacial score (nSPS) is 12.2. The summed E-state index contributed by atoms with van der Waals surface area (Å²) in [5.41, 5.74) is 6.49. The number of amides is 1. The first-order chi connectivity index (χ1) is 8.11. The second-order valence-corrected chi connectivity index (χ2v) is 5.21. The molecule has 0 aromatic heterocycles. The van der Waals surface area contributed by atoms with Gasteiger partial charge >= 0.3 is 0 Å². The Labute approximate surface area is 111 Å². The SMILES string of the molecule is CCC(N)CSCC(=O)Nc1cccc(Cl)c1. The third-order valence-electron chi connectivity index (χ3n) is 2.20. The predicted molar refractivity (Wildman–Crippen MR) is 75.7 cm³/mol. The van der Waals surface area contributed by atoms with E-state index < -0.39 is 0 Å². The van der Waals surface area contributed by atoms with Crippen molar-refractivity contribution in [1.82, 2.24) is 0 Å². The van der Waals surface area contributed by atoms with Crippen molar-refractivity contribution >= 4 is 35.0 Å². The Balaban J connectivity index is 2.30. The van der Waals surface area contributed by atoms with Gasteiger partial charge in [-0.3, -0.25) is 4.79 Å². The van der Waals surface area contributed by atoms with Gasteiger partial charge in [0.2, 0.25) is 5.91 Å². The first-order valence-corrected chi connectivity index (χ1v) is 7.03. The minimum atomic E-state index is -0.0273. The Morgan fingerprint density at radius 2 is 2.35 bits per heavy atom. The molecule has 0 bridgehead atoms. The molecule has 3 nitrogen and oxygen atoms in total. The molecular formula is C12H17ClN2OS. The molecule has 1 unspecified atom stereocenters. The molecule has 0 heterocycles. The van der Waals surface area contributed by atoms with E-state index in [-0.39, 0.29) is 11.9 Å². The zero-order valence-electron chi connectivity index (χ0n) is 9.78.